The molecule has 0 spiro atoms. The molecule has 0 amide bonds. The lowest BCUT2D eigenvalue weighted by Gasteiger charge is -2.57. The van der Waals surface area contributed by atoms with Crippen LogP contribution in [0.1, 0.15) is 34.2 Å². The lowest BCUT2D eigenvalue weighted by Crippen LogP contribution is -2.60. The molecule has 9 heteroatoms. The molecule has 274 valence electrons. The highest BCUT2D eigenvalue weighted by atomic mass is 35.5. The van der Waals surface area contributed by atoms with Crippen LogP contribution in [0.5, 0.6) is 0 Å². The van der Waals surface area contributed by atoms with Crippen molar-refractivity contribution in [2.75, 3.05) is 0 Å². The van der Waals surface area contributed by atoms with Crippen LogP contribution < -0.4 is 0 Å². The topological polar surface area (TPSA) is 43.1 Å². The normalized spacial score (nSPS) is 27.8. The zero-order valence-electron chi connectivity index (χ0n) is 29.1. The second-order valence-corrected chi connectivity index (χ2v) is 17.4. The lowest BCUT2D eigenvalue weighted by molar-refractivity contribution is -0.419. The molecule has 6 atom stereocenters. The molecular formula is C45H35Cl6NO2. The van der Waals surface area contributed by atoms with Crippen molar-refractivity contribution in [1.29, 1.82) is 0 Å². The van der Waals surface area contributed by atoms with Crippen molar-refractivity contribution in [2.24, 2.45) is 5.92 Å². The van der Waals surface area contributed by atoms with Gasteiger partial charge < -0.3 is 0 Å². The summed E-state index contributed by atoms with van der Waals surface area (Å²) in [7, 11) is 0. The van der Waals surface area contributed by atoms with Crippen LogP contribution in [0.25, 0.3) is 11.1 Å². The SMILES string of the molecule is Cc1ccccc1C1=C(c2ccccc2)C([N+](=O)[O-])=C(C2(Cl)C=CC(Cl)=CC2Cl)C(C(Cl)(c2ccccc2)C2(Cl)C=CC=CC2)C1(Cl)Cc1ccccc1. The van der Waals surface area contributed by atoms with Gasteiger partial charge in [0.2, 0.25) is 0 Å². The van der Waals surface area contributed by atoms with E-state index < -0.39 is 30.8 Å². The fourth-order valence-corrected chi connectivity index (χ4v) is 10.8. The predicted molar refractivity (Wildman–Crippen MR) is 227 cm³/mol. The Hall–Kier alpha value is -3.54. The summed E-state index contributed by atoms with van der Waals surface area (Å²) in [5, 5.41) is 13.5. The quantitative estimate of drug-likeness (QED) is 0.0958. The minimum absolute atomic E-state index is 0.134. The van der Waals surface area contributed by atoms with E-state index in [0.717, 1.165) is 16.7 Å². The molecule has 0 aliphatic heterocycles. The van der Waals surface area contributed by atoms with Crippen LogP contribution in [0.4, 0.5) is 0 Å². The van der Waals surface area contributed by atoms with Crippen molar-refractivity contribution in [2.45, 2.75) is 44.6 Å². The number of allylic oxidation sites excluding steroid dienone is 11. The molecular weight excluding hydrogens is 799 g/mol. The zero-order chi connectivity index (χ0) is 38.3. The second-order valence-electron chi connectivity index (χ2n) is 13.9. The van der Waals surface area contributed by atoms with Gasteiger partial charge in [0, 0.05) is 16.5 Å². The van der Waals surface area contributed by atoms with Gasteiger partial charge in [0.05, 0.1) is 25.6 Å². The van der Waals surface area contributed by atoms with E-state index in [1.807, 2.05) is 146 Å². The number of aryl methyl sites for hydroxylation is 1. The van der Waals surface area contributed by atoms with E-state index in [2.05, 4.69) is 0 Å². The highest BCUT2D eigenvalue weighted by molar-refractivity contribution is 6.42. The molecule has 0 saturated carbocycles. The first-order valence-electron chi connectivity index (χ1n) is 17.5. The first kappa shape index (κ1) is 38.7. The molecule has 0 aromatic heterocycles. The van der Waals surface area contributed by atoms with Crippen molar-refractivity contribution in [3.63, 3.8) is 0 Å². The van der Waals surface area contributed by atoms with Crippen LogP contribution in [-0.4, -0.2) is 24.9 Å². The maximum absolute atomic E-state index is 14.2. The summed E-state index contributed by atoms with van der Waals surface area (Å²) in [5.74, 6) is -1.19. The molecule has 0 bridgehead atoms. The number of benzene rings is 4. The summed E-state index contributed by atoms with van der Waals surface area (Å²) in [6.07, 6.45) is 12.9. The van der Waals surface area contributed by atoms with Crippen molar-refractivity contribution >= 4 is 80.8 Å². The maximum Gasteiger partial charge on any atom is 0.279 e. The van der Waals surface area contributed by atoms with Gasteiger partial charge in [-0.1, -0.05) is 157 Å². The van der Waals surface area contributed by atoms with Gasteiger partial charge in [-0.25, -0.2) is 0 Å². The van der Waals surface area contributed by atoms with Crippen LogP contribution in [0.15, 0.2) is 174 Å². The Bertz CT molecular complexity index is 2270. The summed E-state index contributed by atoms with van der Waals surface area (Å²) in [5.41, 5.74) is 4.41. The molecule has 7 rings (SSSR count). The van der Waals surface area contributed by atoms with E-state index in [9.17, 15) is 10.1 Å². The first-order valence-corrected chi connectivity index (χ1v) is 19.8. The van der Waals surface area contributed by atoms with Gasteiger partial charge in [0.1, 0.15) is 9.75 Å². The predicted octanol–water partition coefficient (Wildman–Crippen LogP) is 13.2. The Balaban J connectivity index is 1.76. The Labute approximate surface area is 346 Å². The summed E-state index contributed by atoms with van der Waals surface area (Å²) in [4.78, 5) is 7.44. The van der Waals surface area contributed by atoms with E-state index in [-0.39, 0.29) is 29.0 Å². The molecule has 0 N–H and O–H groups in total. The molecule has 6 unspecified atom stereocenters. The summed E-state index contributed by atoms with van der Waals surface area (Å²) in [6.45, 7) is 1.97. The molecule has 0 fully saturated rings. The number of hydrogen-bond donors (Lipinski definition) is 0. The number of alkyl halides is 5. The highest BCUT2D eigenvalue weighted by Crippen LogP contribution is 2.68. The Morgan fingerprint density at radius 3 is 2.04 bits per heavy atom. The first-order chi connectivity index (χ1) is 25.8. The number of halogens is 6. The van der Waals surface area contributed by atoms with Crippen LogP contribution in [0, 0.1) is 23.0 Å². The van der Waals surface area contributed by atoms with Gasteiger partial charge in [-0.05, 0) is 65.3 Å². The van der Waals surface area contributed by atoms with Gasteiger partial charge in [-0.2, -0.15) is 0 Å². The highest BCUT2D eigenvalue weighted by Gasteiger charge is 2.68. The van der Waals surface area contributed by atoms with Gasteiger partial charge in [0.25, 0.3) is 5.70 Å². The Kier molecular flexibility index (Phi) is 10.9. The standard InChI is InChI=1S/C45H35Cl6NO2/c1-30-16-12-13-23-35(30)38-37(32-19-8-3-9-20-32)40(52(53)54)39(43(49)27-24-34(46)28-36(43)47)41(44(38,50)29-31-17-6-2-7-18-31)45(51,33-21-10-4-11-22-33)42(48)25-14-5-15-26-42/h2-25,27-28,36,41H,26,29H2,1H3. The fraction of sp³-hybridized carbons (Fsp3) is 0.200. The summed E-state index contributed by atoms with van der Waals surface area (Å²) >= 11 is 46.8. The second kappa shape index (κ2) is 15.2. The molecule has 0 radical (unpaired) electrons. The van der Waals surface area contributed by atoms with Gasteiger partial charge >= 0.3 is 0 Å². The van der Waals surface area contributed by atoms with Gasteiger partial charge in [-0.3, -0.25) is 10.1 Å². The van der Waals surface area contributed by atoms with Crippen LogP contribution in [0.2, 0.25) is 0 Å². The molecule has 3 aliphatic carbocycles. The van der Waals surface area contributed by atoms with Gasteiger partial charge in [-0.15, -0.1) is 58.0 Å². The van der Waals surface area contributed by atoms with E-state index in [1.54, 1.807) is 18.2 Å². The number of nitro groups is 1. The van der Waals surface area contributed by atoms with Gasteiger partial charge in [0.15, 0.2) is 0 Å². The average Bonchev–Trinajstić information content (AvgIpc) is 3.17. The smallest absolute Gasteiger partial charge is 0.258 e. The third-order valence-electron chi connectivity index (χ3n) is 10.7. The lowest BCUT2D eigenvalue weighted by atomic mass is 9.56. The van der Waals surface area contributed by atoms with Crippen LogP contribution in [0.3, 0.4) is 0 Å². The Morgan fingerprint density at radius 2 is 1.44 bits per heavy atom. The van der Waals surface area contributed by atoms with Crippen molar-refractivity contribution in [1.82, 2.24) is 0 Å². The zero-order valence-corrected chi connectivity index (χ0v) is 33.6. The summed E-state index contributed by atoms with van der Waals surface area (Å²) < 4.78 is 0. The van der Waals surface area contributed by atoms with Crippen molar-refractivity contribution in [3.8, 4) is 0 Å². The average molecular weight is 834 g/mol. The minimum atomic E-state index is -1.75. The van der Waals surface area contributed by atoms with E-state index in [0.29, 0.717) is 27.3 Å². The molecule has 4 aromatic carbocycles. The van der Waals surface area contributed by atoms with Crippen molar-refractivity contribution in [3.05, 3.63) is 212 Å². The molecule has 4 aromatic rings. The maximum atomic E-state index is 14.2. The van der Waals surface area contributed by atoms with E-state index >= 15 is 0 Å². The molecule has 3 aliphatic rings. The molecule has 54 heavy (non-hydrogen) atoms. The largest absolute Gasteiger partial charge is 0.279 e. The van der Waals surface area contributed by atoms with E-state index in [1.165, 1.54) is 0 Å². The monoisotopic (exact) mass is 831 g/mol. The summed E-state index contributed by atoms with van der Waals surface area (Å²) in [6, 6.07) is 36.3. The molecule has 3 nitrogen and oxygen atoms in total. The number of hydrogen-bond acceptors (Lipinski definition) is 2. The third kappa shape index (κ3) is 6.51. The van der Waals surface area contributed by atoms with Crippen LogP contribution >= 0.6 is 69.6 Å². The fourth-order valence-electron chi connectivity index (χ4n) is 8.30. The van der Waals surface area contributed by atoms with E-state index in [4.69, 9.17) is 69.6 Å². The minimum Gasteiger partial charge on any atom is -0.258 e. The molecule has 0 heterocycles. The Morgan fingerprint density at radius 1 is 0.833 bits per heavy atom. The third-order valence-corrected chi connectivity index (χ3v) is 14.1. The number of rotatable bonds is 9. The molecule has 0 saturated heterocycles. The number of nitrogens with zero attached hydrogens (tertiary/aromatic N) is 1. The van der Waals surface area contributed by atoms with Crippen molar-refractivity contribution < 1.29 is 4.92 Å². The van der Waals surface area contributed by atoms with Crippen LogP contribution in [-0.2, 0) is 11.3 Å².